The van der Waals surface area contributed by atoms with Crippen LogP contribution in [0.3, 0.4) is 0 Å². The number of aromatic nitrogens is 3. The van der Waals surface area contributed by atoms with Crippen molar-refractivity contribution in [1.29, 1.82) is 0 Å². The third kappa shape index (κ3) is 5.39. The highest BCUT2D eigenvalue weighted by Crippen LogP contribution is 2.28. The molecule has 0 amide bonds. The van der Waals surface area contributed by atoms with Crippen molar-refractivity contribution in [2.24, 2.45) is 0 Å². The van der Waals surface area contributed by atoms with E-state index in [1.54, 1.807) is 12.1 Å². The molecule has 31 heavy (non-hydrogen) atoms. The quantitative estimate of drug-likeness (QED) is 0.393. The lowest BCUT2D eigenvalue weighted by Crippen LogP contribution is -2.38. The number of nitrogens with zero attached hydrogens (tertiary/aromatic N) is 4. The summed E-state index contributed by atoms with van der Waals surface area (Å²) in [6, 6.07) is 15.5. The summed E-state index contributed by atoms with van der Waals surface area (Å²) >= 11 is 1.40. The van der Waals surface area contributed by atoms with Crippen LogP contribution in [0.4, 0.5) is 4.39 Å². The lowest BCUT2D eigenvalue weighted by atomic mass is 10.1. The fraction of sp³-hybridized carbons (Fsp3) is 0.348. The Bertz CT molecular complexity index is 1000. The van der Waals surface area contributed by atoms with E-state index in [0.29, 0.717) is 23.1 Å². The van der Waals surface area contributed by atoms with Crippen LogP contribution in [0.2, 0.25) is 0 Å². The number of ether oxygens (including phenoxy) is 1. The van der Waals surface area contributed by atoms with Gasteiger partial charge in [0.1, 0.15) is 5.82 Å². The summed E-state index contributed by atoms with van der Waals surface area (Å²) in [6.07, 6.45) is 0. The first kappa shape index (κ1) is 21.7. The summed E-state index contributed by atoms with van der Waals surface area (Å²) in [7, 11) is 0. The highest BCUT2D eigenvalue weighted by atomic mass is 32.2. The molecule has 1 aromatic heterocycles. The molecule has 4 rings (SSSR count). The maximum Gasteiger partial charge on any atom is 0.192 e. The number of carbonyl (C=O) groups is 1. The van der Waals surface area contributed by atoms with Crippen molar-refractivity contribution in [3.8, 4) is 11.4 Å². The topological polar surface area (TPSA) is 60.3 Å². The van der Waals surface area contributed by atoms with Crippen molar-refractivity contribution in [3.05, 3.63) is 66.0 Å². The Balaban J connectivity index is 1.56. The van der Waals surface area contributed by atoms with Crippen LogP contribution in [-0.2, 0) is 11.3 Å². The first-order valence-electron chi connectivity index (χ1n) is 10.4. The highest BCUT2D eigenvalue weighted by molar-refractivity contribution is 8.00. The molecule has 0 N–H and O–H groups in total. The molecule has 1 atom stereocenters. The second-order valence-electron chi connectivity index (χ2n) is 7.41. The van der Waals surface area contributed by atoms with E-state index in [-0.39, 0.29) is 16.9 Å². The Morgan fingerprint density at radius 1 is 1.06 bits per heavy atom. The lowest BCUT2D eigenvalue weighted by Gasteiger charge is -2.27. The third-order valence-electron chi connectivity index (χ3n) is 5.27. The molecule has 1 unspecified atom stereocenters. The van der Waals surface area contributed by atoms with Crippen molar-refractivity contribution in [2.75, 3.05) is 32.8 Å². The summed E-state index contributed by atoms with van der Waals surface area (Å²) in [6.45, 7) is 6.63. The zero-order chi connectivity index (χ0) is 21.6. The van der Waals surface area contributed by atoms with Gasteiger partial charge in [-0.25, -0.2) is 4.39 Å². The normalized spacial score (nSPS) is 15.7. The van der Waals surface area contributed by atoms with E-state index in [2.05, 4.69) is 15.1 Å². The van der Waals surface area contributed by atoms with E-state index < -0.39 is 0 Å². The Labute approximate surface area is 185 Å². The number of ketones is 1. The van der Waals surface area contributed by atoms with E-state index in [4.69, 9.17) is 4.74 Å². The fourth-order valence-corrected chi connectivity index (χ4v) is 4.46. The monoisotopic (exact) mass is 440 g/mol. The number of thioether (sulfide) groups is 1. The van der Waals surface area contributed by atoms with Gasteiger partial charge in [-0.2, -0.15) is 0 Å². The zero-order valence-electron chi connectivity index (χ0n) is 17.4. The SMILES string of the molecule is CC(Sc1nnc(-c2ccc(F)cc2)n1CCN1CCOCC1)C(=O)c1ccccc1. The van der Waals surface area contributed by atoms with Crippen molar-refractivity contribution < 1.29 is 13.9 Å². The van der Waals surface area contributed by atoms with Crippen LogP contribution >= 0.6 is 11.8 Å². The Morgan fingerprint density at radius 3 is 2.48 bits per heavy atom. The lowest BCUT2D eigenvalue weighted by molar-refractivity contribution is 0.0361. The zero-order valence-corrected chi connectivity index (χ0v) is 18.2. The molecule has 1 saturated heterocycles. The largest absolute Gasteiger partial charge is 0.379 e. The number of hydrogen-bond acceptors (Lipinski definition) is 6. The smallest absolute Gasteiger partial charge is 0.192 e. The van der Waals surface area contributed by atoms with Gasteiger partial charge in [-0.15, -0.1) is 10.2 Å². The van der Waals surface area contributed by atoms with Crippen LogP contribution in [-0.4, -0.2) is 63.5 Å². The maximum absolute atomic E-state index is 13.4. The van der Waals surface area contributed by atoms with Crippen LogP contribution in [0, 0.1) is 5.82 Å². The molecule has 0 aliphatic carbocycles. The van der Waals surface area contributed by atoms with Gasteiger partial charge in [0.05, 0.1) is 18.5 Å². The third-order valence-corrected chi connectivity index (χ3v) is 6.35. The predicted molar refractivity (Wildman–Crippen MR) is 119 cm³/mol. The maximum atomic E-state index is 13.4. The molecule has 6 nitrogen and oxygen atoms in total. The first-order chi connectivity index (χ1) is 15.1. The van der Waals surface area contributed by atoms with Crippen LogP contribution < -0.4 is 0 Å². The molecule has 0 bridgehead atoms. The number of morpholine rings is 1. The Hall–Kier alpha value is -2.55. The molecule has 1 aliphatic heterocycles. The minimum Gasteiger partial charge on any atom is -0.379 e. The molecule has 2 aromatic carbocycles. The van der Waals surface area contributed by atoms with Gasteiger partial charge >= 0.3 is 0 Å². The minimum absolute atomic E-state index is 0.0525. The van der Waals surface area contributed by atoms with Gasteiger partial charge in [0.15, 0.2) is 16.8 Å². The Kier molecular flexibility index (Phi) is 7.11. The van der Waals surface area contributed by atoms with E-state index in [0.717, 1.165) is 38.4 Å². The van der Waals surface area contributed by atoms with Crippen LogP contribution in [0.1, 0.15) is 17.3 Å². The first-order valence-corrected chi connectivity index (χ1v) is 11.2. The van der Waals surface area contributed by atoms with E-state index in [9.17, 15) is 9.18 Å². The average Bonchev–Trinajstić information content (AvgIpc) is 3.21. The fourth-order valence-electron chi connectivity index (χ4n) is 3.50. The van der Waals surface area contributed by atoms with E-state index in [1.807, 2.05) is 41.8 Å². The van der Waals surface area contributed by atoms with Crippen LogP contribution in [0.5, 0.6) is 0 Å². The summed E-state index contributed by atoms with van der Waals surface area (Å²) in [5, 5.41) is 9.14. The predicted octanol–water partition coefficient (Wildman–Crippen LogP) is 3.78. The summed E-state index contributed by atoms with van der Waals surface area (Å²) in [4.78, 5) is 15.2. The minimum atomic E-state index is -0.310. The number of benzene rings is 2. The molecule has 8 heteroatoms. The number of halogens is 1. The van der Waals surface area contributed by atoms with Gasteiger partial charge < -0.3 is 9.30 Å². The molecule has 0 saturated carbocycles. The molecule has 1 aliphatic rings. The Morgan fingerprint density at radius 2 is 1.77 bits per heavy atom. The van der Waals surface area contributed by atoms with Crippen LogP contribution in [0.15, 0.2) is 59.8 Å². The molecule has 3 aromatic rings. The van der Waals surface area contributed by atoms with Gasteiger partial charge in [-0.1, -0.05) is 42.1 Å². The van der Waals surface area contributed by atoms with Crippen molar-refractivity contribution >= 4 is 17.5 Å². The second-order valence-corrected chi connectivity index (χ2v) is 8.72. The molecule has 2 heterocycles. The van der Waals surface area contributed by atoms with Gasteiger partial charge in [-0.05, 0) is 31.2 Å². The molecular formula is C23H25FN4O2S. The molecule has 1 fully saturated rings. The molecule has 0 radical (unpaired) electrons. The average molecular weight is 441 g/mol. The van der Waals surface area contributed by atoms with Gasteiger partial charge in [0, 0.05) is 37.3 Å². The number of carbonyl (C=O) groups excluding carboxylic acids is 1. The van der Waals surface area contributed by atoms with E-state index >= 15 is 0 Å². The number of hydrogen-bond donors (Lipinski definition) is 0. The second kappa shape index (κ2) is 10.2. The molecular weight excluding hydrogens is 415 g/mol. The van der Waals surface area contributed by atoms with Gasteiger partial charge in [0.25, 0.3) is 0 Å². The molecule has 162 valence electrons. The van der Waals surface area contributed by atoms with Crippen molar-refractivity contribution in [2.45, 2.75) is 23.9 Å². The van der Waals surface area contributed by atoms with Crippen LogP contribution in [0.25, 0.3) is 11.4 Å². The standard InChI is InChI=1S/C23H25FN4O2S/c1-17(21(29)18-5-3-2-4-6-18)31-23-26-25-22(19-7-9-20(24)10-8-19)28(23)12-11-27-13-15-30-16-14-27/h2-10,17H,11-16H2,1H3. The number of Topliss-reactive ketones (excluding diaryl/α,β-unsaturated/α-hetero) is 1. The van der Waals surface area contributed by atoms with Gasteiger partial charge in [-0.3, -0.25) is 9.69 Å². The summed E-state index contributed by atoms with van der Waals surface area (Å²) in [5.74, 6) is 0.437. The molecule has 0 spiro atoms. The highest BCUT2D eigenvalue weighted by Gasteiger charge is 2.22. The van der Waals surface area contributed by atoms with E-state index in [1.165, 1.54) is 23.9 Å². The van der Waals surface area contributed by atoms with Gasteiger partial charge in [0.2, 0.25) is 0 Å². The number of rotatable bonds is 8. The van der Waals surface area contributed by atoms with Crippen molar-refractivity contribution in [3.63, 3.8) is 0 Å². The summed E-state index contributed by atoms with van der Waals surface area (Å²) in [5.41, 5.74) is 1.48. The van der Waals surface area contributed by atoms with Crippen molar-refractivity contribution in [1.82, 2.24) is 19.7 Å². The summed E-state index contributed by atoms with van der Waals surface area (Å²) < 4.78 is 20.9.